The van der Waals surface area contributed by atoms with Crippen LogP contribution in [0, 0.1) is 5.82 Å². The molecule has 2 nitrogen and oxygen atoms in total. The Labute approximate surface area is 116 Å². The van der Waals surface area contributed by atoms with Crippen molar-refractivity contribution in [2.75, 3.05) is 0 Å². The van der Waals surface area contributed by atoms with E-state index in [1.54, 1.807) is 12.3 Å². The van der Waals surface area contributed by atoms with E-state index in [-0.39, 0.29) is 5.02 Å². The summed E-state index contributed by atoms with van der Waals surface area (Å²) in [5.74, 6) is -0.452. The number of aromatic nitrogens is 1. The SMILES string of the molecule is CCc1cccnc1C(O)Cc1ccc(F)c(Cl)c1. The summed E-state index contributed by atoms with van der Waals surface area (Å²) in [6.07, 6.45) is 2.13. The molecule has 2 aromatic rings. The molecule has 0 aliphatic rings. The zero-order valence-corrected chi connectivity index (χ0v) is 11.4. The molecule has 1 N–H and O–H groups in total. The Hall–Kier alpha value is -1.45. The molecule has 19 heavy (non-hydrogen) atoms. The fourth-order valence-corrected chi connectivity index (χ4v) is 2.24. The van der Waals surface area contributed by atoms with Crippen LogP contribution in [-0.4, -0.2) is 10.1 Å². The van der Waals surface area contributed by atoms with Gasteiger partial charge in [0.25, 0.3) is 0 Å². The van der Waals surface area contributed by atoms with Gasteiger partial charge in [0.15, 0.2) is 0 Å². The zero-order chi connectivity index (χ0) is 13.8. The van der Waals surface area contributed by atoms with E-state index >= 15 is 0 Å². The second kappa shape index (κ2) is 6.13. The van der Waals surface area contributed by atoms with Crippen LogP contribution in [0.15, 0.2) is 36.5 Å². The van der Waals surface area contributed by atoms with Crippen LogP contribution in [0.4, 0.5) is 4.39 Å². The van der Waals surface area contributed by atoms with Crippen molar-refractivity contribution in [2.45, 2.75) is 25.9 Å². The Morgan fingerprint density at radius 3 is 2.84 bits per heavy atom. The fraction of sp³-hybridized carbons (Fsp3) is 0.267. The first kappa shape index (κ1) is 14.0. The normalized spacial score (nSPS) is 12.4. The number of hydrogen-bond acceptors (Lipinski definition) is 2. The summed E-state index contributed by atoms with van der Waals surface area (Å²) in [7, 11) is 0. The standard InChI is InChI=1S/C15H15ClFNO/c1-2-11-4-3-7-18-15(11)14(19)9-10-5-6-13(17)12(16)8-10/h3-8,14,19H,2,9H2,1H3. The molecule has 0 aliphatic carbocycles. The molecule has 0 spiro atoms. The molecule has 1 aromatic heterocycles. The second-order valence-corrected chi connectivity index (χ2v) is 4.78. The van der Waals surface area contributed by atoms with Crippen LogP contribution in [0.1, 0.15) is 29.8 Å². The molecular formula is C15H15ClFNO. The maximum atomic E-state index is 13.1. The molecule has 0 radical (unpaired) electrons. The molecule has 0 saturated heterocycles. The van der Waals surface area contributed by atoms with Gasteiger partial charge in [-0.3, -0.25) is 4.98 Å². The van der Waals surface area contributed by atoms with Gasteiger partial charge in [-0.25, -0.2) is 4.39 Å². The van der Waals surface area contributed by atoms with Crippen LogP contribution in [-0.2, 0) is 12.8 Å². The lowest BCUT2D eigenvalue weighted by atomic mass is 10.0. The predicted molar refractivity (Wildman–Crippen MR) is 73.7 cm³/mol. The molecule has 4 heteroatoms. The number of rotatable bonds is 4. The molecule has 100 valence electrons. The predicted octanol–water partition coefficient (Wildman–Crippen LogP) is 3.71. The van der Waals surface area contributed by atoms with Crippen LogP contribution in [0.25, 0.3) is 0 Å². The molecule has 1 heterocycles. The van der Waals surface area contributed by atoms with Gasteiger partial charge in [0.1, 0.15) is 11.9 Å². The van der Waals surface area contributed by atoms with Gasteiger partial charge < -0.3 is 5.11 Å². The summed E-state index contributed by atoms with van der Waals surface area (Å²) in [5, 5.41) is 10.3. The van der Waals surface area contributed by atoms with Gasteiger partial charge in [-0.2, -0.15) is 0 Å². The summed E-state index contributed by atoms with van der Waals surface area (Å²) in [6, 6.07) is 8.27. The Morgan fingerprint density at radius 2 is 2.16 bits per heavy atom. The van der Waals surface area contributed by atoms with Gasteiger partial charge >= 0.3 is 0 Å². The Morgan fingerprint density at radius 1 is 1.37 bits per heavy atom. The van der Waals surface area contributed by atoms with Gasteiger partial charge in [0.2, 0.25) is 0 Å². The van der Waals surface area contributed by atoms with E-state index in [4.69, 9.17) is 11.6 Å². The van der Waals surface area contributed by atoms with Crippen LogP contribution in [0.3, 0.4) is 0 Å². The molecule has 0 amide bonds. The van der Waals surface area contributed by atoms with Crippen molar-refractivity contribution in [3.05, 3.63) is 64.2 Å². The maximum Gasteiger partial charge on any atom is 0.141 e. The Kier molecular flexibility index (Phi) is 4.51. The molecule has 0 bridgehead atoms. The first-order valence-electron chi connectivity index (χ1n) is 6.17. The van der Waals surface area contributed by atoms with Crippen LogP contribution in [0.5, 0.6) is 0 Å². The van der Waals surface area contributed by atoms with E-state index in [2.05, 4.69) is 4.98 Å². The molecule has 1 unspecified atom stereocenters. The Balaban J connectivity index is 2.20. The van der Waals surface area contributed by atoms with Gasteiger partial charge in [-0.15, -0.1) is 0 Å². The minimum absolute atomic E-state index is 0.0708. The second-order valence-electron chi connectivity index (χ2n) is 4.37. The summed E-state index contributed by atoms with van der Waals surface area (Å²) in [6.45, 7) is 2.02. The van der Waals surface area contributed by atoms with Crippen LogP contribution >= 0.6 is 11.6 Å². The number of pyridine rings is 1. The third-order valence-electron chi connectivity index (χ3n) is 3.04. The fourth-order valence-electron chi connectivity index (χ4n) is 2.04. The summed E-state index contributed by atoms with van der Waals surface area (Å²) >= 11 is 5.73. The number of aliphatic hydroxyl groups is 1. The van der Waals surface area contributed by atoms with Gasteiger partial charge in [0, 0.05) is 12.6 Å². The molecule has 0 aliphatic heterocycles. The van der Waals surface area contributed by atoms with Crippen molar-refractivity contribution >= 4 is 11.6 Å². The number of hydrogen-bond donors (Lipinski definition) is 1. The van der Waals surface area contributed by atoms with E-state index in [0.717, 1.165) is 17.5 Å². The van der Waals surface area contributed by atoms with Crippen molar-refractivity contribution in [3.63, 3.8) is 0 Å². The minimum Gasteiger partial charge on any atom is -0.386 e. The maximum absolute atomic E-state index is 13.1. The van der Waals surface area contributed by atoms with E-state index in [1.807, 2.05) is 19.1 Å². The van der Waals surface area contributed by atoms with Crippen molar-refractivity contribution in [1.29, 1.82) is 0 Å². The number of halogens is 2. The lowest BCUT2D eigenvalue weighted by Crippen LogP contribution is -2.07. The topological polar surface area (TPSA) is 33.1 Å². The number of benzene rings is 1. The highest BCUT2D eigenvalue weighted by Crippen LogP contribution is 2.23. The first-order chi connectivity index (χ1) is 9.11. The summed E-state index contributed by atoms with van der Waals surface area (Å²) < 4.78 is 13.1. The van der Waals surface area contributed by atoms with E-state index < -0.39 is 11.9 Å². The van der Waals surface area contributed by atoms with Gasteiger partial charge in [-0.05, 0) is 35.7 Å². The molecule has 0 fully saturated rings. The highest BCUT2D eigenvalue weighted by atomic mass is 35.5. The average molecular weight is 280 g/mol. The smallest absolute Gasteiger partial charge is 0.141 e. The van der Waals surface area contributed by atoms with E-state index in [1.165, 1.54) is 12.1 Å². The van der Waals surface area contributed by atoms with Gasteiger partial charge in [0.05, 0.1) is 10.7 Å². The largest absolute Gasteiger partial charge is 0.386 e. The monoisotopic (exact) mass is 279 g/mol. The lowest BCUT2D eigenvalue weighted by Gasteiger charge is -2.14. The highest BCUT2D eigenvalue weighted by Gasteiger charge is 2.14. The van der Waals surface area contributed by atoms with Crippen molar-refractivity contribution in [2.24, 2.45) is 0 Å². The lowest BCUT2D eigenvalue weighted by molar-refractivity contribution is 0.172. The van der Waals surface area contributed by atoms with Gasteiger partial charge in [-0.1, -0.05) is 30.7 Å². The number of aryl methyl sites for hydroxylation is 1. The van der Waals surface area contributed by atoms with E-state index in [9.17, 15) is 9.50 Å². The van der Waals surface area contributed by atoms with Crippen molar-refractivity contribution in [3.8, 4) is 0 Å². The quantitative estimate of drug-likeness (QED) is 0.925. The summed E-state index contributed by atoms with van der Waals surface area (Å²) in [5.41, 5.74) is 2.47. The van der Waals surface area contributed by atoms with E-state index in [0.29, 0.717) is 12.1 Å². The molecule has 1 aromatic carbocycles. The zero-order valence-electron chi connectivity index (χ0n) is 10.6. The Bertz CT molecular complexity index is 574. The number of aliphatic hydroxyl groups excluding tert-OH is 1. The third kappa shape index (κ3) is 3.31. The number of nitrogens with zero attached hydrogens (tertiary/aromatic N) is 1. The molecule has 2 rings (SSSR count). The molecular weight excluding hydrogens is 265 g/mol. The third-order valence-corrected chi connectivity index (χ3v) is 3.33. The molecule has 0 saturated carbocycles. The van der Waals surface area contributed by atoms with Crippen LogP contribution in [0.2, 0.25) is 5.02 Å². The average Bonchev–Trinajstić information content (AvgIpc) is 2.43. The highest BCUT2D eigenvalue weighted by molar-refractivity contribution is 6.30. The van der Waals surface area contributed by atoms with Crippen molar-refractivity contribution in [1.82, 2.24) is 4.98 Å². The molecule has 1 atom stereocenters. The first-order valence-corrected chi connectivity index (χ1v) is 6.55. The minimum atomic E-state index is -0.710. The van der Waals surface area contributed by atoms with Crippen molar-refractivity contribution < 1.29 is 9.50 Å². The van der Waals surface area contributed by atoms with Crippen LogP contribution < -0.4 is 0 Å². The summed E-state index contributed by atoms with van der Waals surface area (Å²) in [4.78, 5) is 4.23.